The second-order valence-corrected chi connectivity index (χ2v) is 8.94. The average Bonchev–Trinajstić information content (AvgIpc) is 3.29. The molecule has 1 saturated heterocycles. The predicted octanol–water partition coefficient (Wildman–Crippen LogP) is 4.90. The maximum Gasteiger partial charge on any atom is 0.410 e. The van der Waals surface area contributed by atoms with Gasteiger partial charge in [0.25, 0.3) is 0 Å². The molecule has 2 aromatic rings. The number of nitrogens with zero attached hydrogens (tertiary/aromatic N) is 1. The minimum Gasteiger partial charge on any atom is -0.480 e. The van der Waals surface area contributed by atoms with Crippen molar-refractivity contribution in [3.63, 3.8) is 0 Å². The number of hydrogen-bond donors (Lipinski definition) is 1. The summed E-state index contributed by atoms with van der Waals surface area (Å²) < 4.78 is 5.72. The third-order valence-electron chi connectivity index (χ3n) is 7.13. The summed E-state index contributed by atoms with van der Waals surface area (Å²) in [6.07, 6.45) is 4.81. The second kappa shape index (κ2) is 7.78. The van der Waals surface area contributed by atoms with Crippen LogP contribution in [0.2, 0.25) is 0 Å². The Morgan fingerprint density at radius 2 is 1.60 bits per heavy atom. The van der Waals surface area contributed by atoms with Gasteiger partial charge in [-0.15, -0.1) is 0 Å². The molecule has 2 aromatic carbocycles. The van der Waals surface area contributed by atoms with Crippen molar-refractivity contribution in [1.29, 1.82) is 0 Å². The van der Waals surface area contributed by atoms with Gasteiger partial charge in [-0.25, -0.2) is 9.59 Å². The van der Waals surface area contributed by atoms with Crippen LogP contribution in [0, 0.1) is 11.8 Å². The highest BCUT2D eigenvalue weighted by atomic mass is 16.6. The predicted molar refractivity (Wildman–Crippen MR) is 113 cm³/mol. The highest BCUT2D eigenvalue weighted by molar-refractivity contribution is 5.81. The van der Waals surface area contributed by atoms with Gasteiger partial charge < -0.3 is 9.84 Å². The van der Waals surface area contributed by atoms with Gasteiger partial charge in [-0.1, -0.05) is 67.8 Å². The lowest BCUT2D eigenvalue weighted by Crippen LogP contribution is -2.41. The Labute approximate surface area is 176 Å². The van der Waals surface area contributed by atoms with E-state index in [0.29, 0.717) is 18.9 Å². The molecule has 2 fully saturated rings. The smallest absolute Gasteiger partial charge is 0.410 e. The zero-order chi connectivity index (χ0) is 20.7. The number of carbonyl (C=O) groups excluding carboxylic acids is 1. The fourth-order valence-corrected chi connectivity index (χ4v) is 5.41. The summed E-state index contributed by atoms with van der Waals surface area (Å²) in [5.74, 6) is 0.0152. The molecule has 156 valence electrons. The van der Waals surface area contributed by atoms with Crippen LogP contribution in [0.25, 0.3) is 11.1 Å². The van der Waals surface area contributed by atoms with E-state index in [2.05, 4.69) is 24.3 Å². The number of likely N-dealkylation sites (tertiary alicyclic amines) is 1. The number of aliphatic carboxylic acids is 1. The van der Waals surface area contributed by atoms with Crippen LogP contribution in [0.4, 0.5) is 4.79 Å². The van der Waals surface area contributed by atoms with E-state index in [4.69, 9.17) is 4.74 Å². The lowest BCUT2D eigenvalue weighted by Gasteiger charge is -2.27. The minimum atomic E-state index is -0.931. The van der Waals surface area contributed by atoms with Crippen molar-refractivity contribution in [1.82, 2.24) is 4.90 Å². The van der Waals surface area contributed by atoms with E-state index in [1.54, 1.807) is 0 Å². The number of amides is 1. The van der Waals surface area contributed by atoms with Crippen LogP contribution in [0.15, 0.2) is 48.5 Å². The lowest BCUT2D eigenvalue weighted by molar-refractivity contribution is -0.141. The van der Waals surface area contributed by atoms with Gasteiger partial charge in [-0.05, 0) is 46.9 Å². The first-order valence-corrected chi connectivity index (χ1v) is 11.0. The van der Waals surface area contributed by atoms with Gasteiger partial charge >= 0.3 is 12.1 Å². The van der Waals surface area contributed by atoms with E-state index in [0.717, 1.165) is 17.5 Å². The Hall–Kier alpha value is -2.82. The number of carboxylic acids is 1. The first kappa shape index (κ1) is 19.2. The van der Waals surface area contributed by atoms with Crippen molar-refractivity contribution in [2.24, 2.45) is 11.8 Å². The highest BCUT2D eigenvalue weighted by Crippen LogP contribution is 2.44. The molecule has 2 aliphatic carbocycles. The molecular formula is C25H27NO4. The van der Waals surface area contributed by atoms with E-state index in [-0.39, 0.29) is 18.4 Å². The second-order valence-electron chi connectivity index (χ2n) is 8.94. The molecule has 0 unspecified atom stereocenters. The highest BCUT2D eigenvalue weighted by Gasteiger charge is 2.42. The number of benzene rings is 2. The number of hydrogen-bond acceptors (Lipinski definition) is 3. The molecule has 5 heteroatoms. The van der Waals surface area contributed by atoms with E-state index < -0.39 is 18.1 Å². The van der Waals surface area contributed by atoms with Gasteiger partial charge in [0.05, 0.1) is 0 Å². The van der Waals surface area contributed by atoms with Crippen molar-refractivity contribution >= 4 is 12.1 Å². The summed E-state index contributed by atoms with van der Waals surface area (Å²) in [6, 6.07) is 15.6. The van der Waals surface area contributed by atoms with Crippen LogP contribution in [0.1, 0.15) is 49.1 Å². The molecule has 1 saturated carbocycles. The van der Waals surface area contributed by atoms with Crippen molar-refractivity contribution in [3.8, 4) is 11.1 Å². The Morgan fingerprint density at radius 1 is 0.967 bits per heavy atom. The molecule has 30 heavy (non-hydrogen) atoms. The molecule has 0 bridgehead atoms. The molecule has 3 aliphatic rings. The van der Waals surface area contributed by atoms with Crippen LogP contribution >= 0.6 is 0 Å². The van der Waals surface area contributed by atoms with Gasteiger partial charge in [-0.2, -0.15) is 0 Å². The van der Waals surface area contributed by atoms with Gasteiger partial charge in [-0.3, -0.25) is 4.90 Å². The molecule has 1 heterocycles. The summed E-state index contributed by atoms with van der Waals surface area (Å²) in [7, 11) is 0. The summed E-state index contributed by atoms with van der Waals surface area (Å²) >= 11 is 0. The quantitative estimate of drug-likeness (QED) is 0.768. The molecule has 1 aliphatic heterocycles. The van der Waals surface area contributed by atoms with Gasteiger partial charge in [0, 0.05) is 12.5 Å². The molecule has 1 amide bonds. The zero-order valence-electron chi connectivity index (χ0n) is 17.0. The van der Waals surface area contributed by atoms with Crippen molar-refractivity contribution in [2.75, 3.05) is 13.2 Å². The lowest BCUT2D eigenvalue weighted by atomic mass is 9.78. The third-order valence-corrected chi connectivity index (χ3v) is 7.13. The van der Waals surface area contributed by atoms with Crippen LogP contribution in [0.5, 0.6) is 0 Å². The first-order chi connectivity index (χ1) is 14.6. The fourth-order valence-electron chi connectivity index (χ4n) is 5.41. The van der Waals surface area contributed by atoms with Crippen LogP contribution in [-0.2, 0) is 9.53 Å². The SMILES string of the molecule is O=C(O)[C@@H]1C[C@H](CC2CCC2)CN1C(=O)OCC1c2ccccc2-c2ccccc21. The number of carbonyl (C=O) groups is 2. The van der Waals surface area contributed by atoms with E-state index in [1.165, 1.54) is 35.3 Å². The Bertz CT molecular complexity index is 922. The molecule has 5 nitrogen and oxygen atoms in total. The van der Waals surface area contributed by atoms with Crippen LogP contribution in [0.3, 0.4) is 0 Å². The van der Waals surface area contributed by atoms with Crippen LogP contribution in [-0.4, -0.2) is 41.3 Å². The largest absolute Gasteiger partial charge is 0.480 e. The summed E-state index contributed by atoms with van der Waals surface area (Å²) in [6.45, 7) is 0.715. The molecule has 0 aromatic heterocycles. The number of fused-ring (bicyclic) bond motifs is 3. The molecule has 1 N–H and O–H groups in total. The maximum atomic E-state index is 12.9. The van der Waals surface area contributed by atoms with Gasteiger partial charge in [0.1, 0.15) is 12.6 Å². The van der Waals surface area contributed by atoms with Gasteiger partial charge in [0.2, 0.25) is 0 Å². The summed E-state index contributed by atoms with van der Waals surface area (Å²) in [5, 5.41) is 9.65. The molecule has 0 radical (unpaired) electrons. The topological polar surface area (TPSA) is 66.8 Å². The summed E-state index contributed by atoms with van der Waals surface area (Å²) in [4.78, 5) is 26.1. The van der Waals surface area contributed by atoms with Crippen molar-refractivity contribution in [3.05, 3.63) is 59.7 Å². The number of ether oxygens (including phenoxy) is 1. The van der Waals surface area contributed by atoms with E-state index in [9.17, 15) is 14.7 Å². The first-order valence-electron chi connectivity index (χ1n) is 11.0. The number of rotatable bonds is 5. The third kappa shape index (κ3) is 3.36. The molecular weight excluding hydrogens is 378 g/mol. The summed E-state index contributed by atoms with van der Waals surface area (Å²) in [5.41, 5.74) is 4.68. The Balaban J connectivity index is 1.29. The normalized spacial score (nSPS) is 23.0. The molecule has 5 rings (SSSR count). The Morgan fingerprint density at radius 3 is 2.17 bits per heavy atom. The Kier molecular flexibility index (Phi) is 4.97. The zero-order valence-corrected chi connectivity index (χ0v) is 17.0. The van der Waals surface area contributed by atoms with Crippen molar-refractivity contribution in [2.45, 2.75) is 44.1 Å². The fraction of sp³-hybridized carbons (Fsp3) is 0.440. The van der Waals surface area contributed by atoms with Gasteiger partial charge in [0.15, 0.2) is 0 Å². The van der Waals surface area contributed by atoms with E-state index in [1.807, 2.05) is 24.3 Å². The van der Waals surface area contributed by atoms with Crippen molar-refractivity contribution < 1.29 is 19.4 Å². The van der Waals surface area contributed by atoms with Crippen LogP contribution < -0.4 is 0 Å². The monoisotopic (exact) mass is 405 g/mol. The van der Waals surface area contributed by atoms with E-state index >= 15 is 0 Å². The molecule has 2 atom stereocenters. The maximum absolute atomic E-state index is 12.9. The standard InChI is InChI=1S/C25H27NO4/c27-24(28)23-13-17(12-16-6-5-7-16)14-26(23)25(29)30-15-22-20-10-3-1-8-18(20)19-9-2-4-11-21(19)22/h1-4,8-11,16-17,22-23H,5-7,12-15H2,(H,27,28)/t17-,23-/m0/s1. The average molecular weight is 405 g/mol. The molecule has 0 spiro atoms. The minimum absolute atomic E-state index is 0.0157. The number of carboxylic acid groups (broad SMARTS) is 1.